The van der Waals surface area contributed by atoms with Crippen LogP contribution >= 0.6 is 0 Å². The van der Waals surface area contributed by atoms with Crippen LogP contribution in [0.2, 0.25) is 0 Å². The summed E-state index contributed by atoms with van der Waals surface area (Å²) < 4.78 is 5.54. The number of hydrogen-bond acceptors (Lipinski definition) is 4. The highest BCUT2D eigenvalue weighted by atomic mass is 16.5. The van der Waals surface area contributed by atoms with Gasteiger partial charge in [0.2, 0.25) is 0 Å². The molecule has 2 atom stereocenters. The minimum atomic E-state index is -1.06. The Morgan fingerprint density at radius 3 is 2.48 bits per heavy atom. The third-order valence-electron chi connectivity index (χ3n) is 4.12. The summed E-state index contributed by atoms with van der Waals surface area (Å²) in [5.74, 6) is 0.481. The number of ether oxygens (including phenoxy) is 1. The summed E-state index contributed by atoms with van der Waals surface area (Å²) in [6, 6.07) is 6.65. The van der Waals surface area contributed by atoms with Gasteiger partial charge in [-0.15, -0.1) is 0 Å². The molecule has 6 heteroatoms. The average Bonchev–Trinajstić information content (AvgIpc) is 2.77. The molecule has 0 aromatic heterocycles. The van der Waals surface area contributed by atoms with Crippen molar-refractivity contribution in [3.8, 4) is 5.75 Å². The molecule has 0 bridgehead atoms. The summed E-state index contributed by atoms with van der Waals surface area (Å²) in [7, 11) is 0. The molecule has 0 saturated carbocycles. The average molecular weight is 319 g/mol. The molecule has 0 aliphatic carbocycles. The van der Waals surface area contributed by atoms with Gasteiger partial charge in [-0.3, -0.25) is 9.69 Å². The molecule has 1 saturated heterocycles. The van der Waals surface area contributed by atoms with E-state index >= 15 is 0 Å². The van der Waals surface area contributed by atoms with Gasteiger partial charge in [-0.05, 0) is 37.5 Å². The molecule has 1 aromatic carbocycles. The molecule has 1 aromatic rings. The first-order chi connectivity index (χ1) is 10.9. The van der Waals surface area contributed by atoms with E-state index in [-0.39, 0.29) is 18.5 Å². The van der Waals surface area contributed by atoms with Crippen molar-refractivity contribution in [1.82, 2.24) is 10.2 Å². The normalized spacial score (nSPS) is 22.2. The molecule has 2 rings (SSSR count). The molecule has 0 radical (unpaired) electrons. The van der Waals surface area contributed by atoms with Gasteiger partial charge in [0, 0.05) is 12.6 Å². The maximum absolute atomic E-state index is 12.7. The molecular formula is C17H25N3O3. The van der Waals surface area contributed by atoms with E-state index < -0.39 is 11.6 Å². The minimum absolute atomic E-state index is 0.211. The Kier molecular flexibility index (Phi) is 5.26. The lowest BCUT2D eigenvalue weighted by molar-refractivity contribution is -0.131. The van der Waals surface area contributed by atoms with Gasteiger partial charge in [-0.1, -0.05) is 26.0 Å². The van der Waals surface area contributed by atoms with Crippen molar-refractivity contribution in [2.45, 2.75) is 45.2 Å². The molecule has 1 aliphatic heterocycles. The maximum Gasteiger partial charge on any atom is 0.325 e. The number of rotatable bonds is 7. The van der Waals surface area contributed by atoms with Crippen LogP contribution in [0, 0.1) is 0 Å². The minimum Gasteiger partial charge on any atom is -0.494 e. The first-order valence-electron chi connectivity index (χ1n) is 8.05. The van der Waals surface area contributed by atoms with Crippen LogP contribution in [0.3, 0.4) is 0 Å². The van der Waals surface area contributed by atoms with E-state index in [4.69, 9.17) is 10.5 Å². The lowest BCUT2D eigenvalue weighted by Gasteiger charge is -2.23. The second-order valence-electron chi connectivity index (χ2n) is 6.01. The smallest absolute Gasteiger partial charge is 0.325 e. The molecule has 2 unspecified atom stereocenters. The third kappa shape index (κ3) is 3.47. The van der Waals surface area contributed by atoms with Gasteiger partial charge in [0.25, 0.3) is 5.91 Å². The number of urea groups is 1. The van der Waals surface area contributed by atoms with Crippen molar-refractivity contribution >= 4 is 11.9 Å². The van der Waals surface area contributed by atoms with Crippen molar-refractivity contribution in [2.24, 2.45) is 5.73 Å². The highest BCUT2D eigenvalue weighted by Gasteiger charge is 2.49. The van der Waals surface area contributed by atoms with Crippen LogP contribution in [0.15, 0.2) is 24.3 Å². The van der Waals surface area contributed by atoms with E-state index in [1.165, 1.54) is 4.90 Å². The first-order valence-corrected chi connectivity index (χ1v) is 8.05. The molecule has 1 aliphatic rings. The Morgan fingerprint density at radius 1 is 1.26 bits per heavy atom. The first kappa shape index (κ1) is 17.3. The Morgan fingerprint density at radius 2 is 1.91 bits per heavy atom. The maximum atomic E-state index is 12.7. The lowest BCUT2D eigenvalue weighted by atomic mass is 9.92. The summed E-state index contributed by atoms with van der Waals surface area (Å²) in [6.45, 7) is 6.56. The van der Waals surface area contributed by atoms with E-state index in [1.807, 2.05) is 38.1 Å². The predicted octanol–water partition coefficient (Wildman–Crippen LogP) is 1.98. The van der Waals surface area contributed by atoms with Crippen LogP contribution in [0.5, 0.6) is 5.75 Å². The van der Waals surface area contributed by atoms with Crippen molar-refractivity contribution < 1.29 is 14.3 Å². The third-order valence-corrected chi connectivity index (χ3v) is 4.12. The Labute approximate surface area is 137 Å². The SMILES string of the molecule is CCCOc1ccc(C2(C)NC(=O)N(CC(N)CC)C2=O)cc1. The zero-order valence-electron chi connectivity index (χ0n) is 14.0. The molecule has 1 fully saturated rings. The molecule has 0 spiro atoms. The summed E-state index contributed by atoms with van der Waals surface area (Å²) in [5.41, 5.74) is 5.55. The van der Waals surface area contributed by atoms with E-state index in [0.717, 1.165) is 17.7 Å². The number of imide groups is 1. The van der Waals surface area contributed by atoms with E-state index in [2.05, 4.69) is 5.32 Å². The Balaban J connectivity index is 2.18. The molecule has 3 amide bonds. The number of carbonyl (C=O) groups is 2. The summed E-state index contributed by atoms with van der Waals surface area (Å²) >= 11 is 0. The van der Waals surface area contributed by atoms with Crippen LogP contribution in [-0.4, -0.2) is 36.0 Å². The zero-order valence-corrected chi connectivity index (χ0v) is 14.0. The Bertz CT molecular complexity index is 573. The van der Waals surface area contributed by atoms with Gasteiger partial charge >= 0.3 is 6.03 Å². The van der Waals surface area contributed by atoms with E-state index in [0.29, 0.717) is 13.0 Å². The largest absolute Gasteiger partial charge is 0.494 e. The summed E-state index contributed by atoms with van der Waals surface area (Å²) in [4.78, 5) is 26.1. The number of amides is 3. The van der Waals surface area contributed by atoms with Gasteiger partial charge in [0.1, 0.15) is 11.3 Å². The molecule has 3 N–H and O–H groups in total. The summed E-state index contributed by atoms with van der Waals surface area (Å²) in [6.07, 6.45) is 1.64. The second kappa shape index (κ2) is 7.00. The number of benzene rings is 1. The highest BCUT2D eigenvalue weighted by molar-refractivity contribution is 6.07. The van der Waals surface area contributed by atoms with Crippen LogP contribution in [-0.2, 0) is 10.3 Å². The van der Waals surface area contributed by atoms with Crippen molar-refractivity contribution in [2.75, 3.05) is 13.2 Å². The fourth-order valence-corrected chi connectivity index (χ4v) is 2.53. The topological polar surface area (TPSA) is 84.7 Å². The zero-order chi connectivity index (χ0) is 17.0. The van der Waals surface area contributed by atoms with Gasteiger partial charge < -0.3 is 15.8 Å². The number of hydrogen-bond donors (Lipinski definition) is 2. The standard InChI is InChI=1S/C17H25N3O3/c1-4-10-23-14-8-6-12(7-9-14)17(3)15(21)20(16(22)19-17)11-13(18)5-2/h6-9,13H,4-5,10-11,18H2,1-3H3,(H,19,22). The van der Waals surface area contributed by atoms with Crippen molar-refractivity contribution in [3.63, 3.8) is 0 Å². The van der Waals surface area contributed by atoms with Crippen LogP contribution in [0.25, 0.3) is 0 Å². The Hall–Kier alpha value is -2.08. The van der Waals surface area contributed by atoms with Crippen LogP contribution in [0.1, 0.15) is 39.2 Å². The van der Waals surface area contributed by atoms with E-state index in [1.54, 1.807) is 6.92 Å². The van der Waals surface area contributed by atoms with Crippen molar-refractivity contribution in [1.29, 1.82) is 0 Å². The van der Waals surface area contributed by atoms with Gasteiger partial charge in [0.05, 0.1) is 6.61 Å². The molecular weight excluding hydrogens is 294 g/mol. The number of nitrogens with one attached hydrogen (secondary N) is 1. The monoisotopic (exact) mass is 319 g/mol. The molecule has 6 nitrogen and oxygen atoms in total. The van der Waals surface area contributed by atoms with Gasteiger partial charge in [-0.2, -0.15) is 0 Å². The van der Waals surface area contributed by atoms with Gasteiger partial charge in [-0.25, -0.2) is 4.79 Å². The quantitative estimate of drug-likeness (QED) is 0.753. The predicted molar refractivity (Wildman–Crippen MR) is 88.1 cm³/mol. The molecule has 23 heavy (non-hydrogen) atoms. The number of nitrogens with two attached hydrogens (primary N) is 1. The van der Waals surface area contributed by atoms with Crippen molar-refractivity contribution in [3.05, 3.63) is 29.8 Å². The fraction of sp³-hybridized carbons (Fsp3) is 0.529. The van der Waals surface area contributed by atoms with E-state index in [9.17, 15) is 9.59 Å². The summed E-state index contributed by atoms with van der Waals surface area (Å²) in [5, 5.41) is 2.78. The molecule has 126 valence electrons. The highest BCUT2D eigenvalue weighted by Crippen LogP contribution is 2.30. The second-order valence-corrected chi connectivity index (χ2v) is 6.01. The number of carbonyl (C=O) groups excluding carboxylic acids is 2. The van der Waals surface area contributed by atoms with Gasteiger partial charge in [0.15, 0.2) is 0 Å². The van der Waals surface area contributed by atoms with Crippen LogP contribution < -0.4 is 15.8 Å². The lowest BCUT2D eigenvalue weighted by Crippen LogP contribution is -2.43. The number of nitrogens with zero attached hydrogens (tertiary/aromatic N) is 1. The fourth-order valence-electron chi connectivity index (χ4n) is 2.53. The van der Waals surface area contributed by atoms with Crippen LogP contribution in [0.4, 0.5) is 4.79 Å². The molecule has 1 heterocycles.